The van der Waals surface area contributed by atoms with Gasteiger partial charge in [-0.25, -0.2) is 0 Å². The maximum Gasteiger partial charge on any atom is 0.0791 e. The third-order valence-electron chi connectivity index (χ3n) is 2.66. The summed E-state index contributed by atoms with van der Waals surface area (Å²) in [5, 5.41) is 13.0. The number of terminal acetylenes is 1. The second-order valence-corrected chi connectivity index (χ2v) is 5.23. The van der Waals surface area contributed by atoms with E-state index in [4.69, 9.17) is 6.42 Å². The van der Waals surface area contributed by atoms with Crippen molar-refractivity contribution in [3.63, 3.8) is 0 Å². The Morgan fingerprint density at radius 1 is 1.44 bits per heavy atom. The Morgan fingerprint density at radius 3 is 2.88 bits per heavy atom. The van der Waals surface area contributed by atoms with Gasteiger partial charge < -0.3 is 15.3 Å². The molecule has 0 aromatic carbocycles. The highest BCUT2D eigenvalue weighted by molar-refractivity contribution is 7.99. The Labute approximate surface area is 103 Å². The molecule has 92 valence electrons. The number of β-amino-alcohol motifs (C(OH)–C–C–N with tert-alkyl or cyclic N) is 1. The molecule has 1 rings (SSSR count). The number of hydrogen-bond acceptors (Lipinski definition) is 4. The molecular weight excluding hydrogens is 220 g/mol. The van der Waals surface area contributed by atoms with Crippen molar-refractivity contribution in [2.24, 2.45) is 0 Å². The molecule has 0 bridgehead atoms. The molecule has 1 heterocycles. The minimum absolute atomic E-state index is 0.240. The molecule has 1 saturated heterocycles. The molecule has 0 aromatic heterocycles. The summed E-state index contributed by atoms with van der Waals surface area (Å²) in [5.74, 6) is 4.39. The molecule has 16 heavy (non-hydrogen) atoms. The van der Waals surface area contributed by atoms with E-state index >= 15 is 0 Å². The molecule has 1 aliphatic heterocycles. The summed E-state index contributed by atoms with van der Waals surface area (Å²) >= 11 is 1.75. The van der Waals surface area contributed by atoms with Crippen LogP contribution in [-0.4, -0.2) is 60.3 Å². The molecule has 1 aliphatic rings. The first-order valence-electron chi connectivity index (χ1n) is 5.95. The number of nitrogens with zero attached hydrogens (tertiary/aromatic N) is 1. The molecule has 0 saturated carbocycles. The van der Waals surface area contributed by atoms with Crippen LogP contribution in [0.15, 0.2) is 0 Å². The zero-order chi connectivity index (χ0) is 11.6. The Bertz CT molecular complexity index is 212. The number of likely N-dealkylation sites (tertiary alicyclic amines) is 1. The lowest BCUT2D eigenvalue weighted by atomic mass is 10.3. The number of rotatable bonds is 8. The smallest absolute Gasteiger partial charge is 0.0791 e. The minimum Gasteiger partial charge on any atom is -0.390 e. The van der Waals surface area contributed by atoms with Crippen LogP contribution in [0.4, 0.5) is 0 Å². The zero-order valence-electron chi connectivity index (χ0n) is 9.82. The fourth-order valence-electron chi connectivity index (χ4n) is 1.87. The summed E-state index contributed by atoms with van der Waals surface area (Å²) in [4.78, 5) is 2.33. The standard InChI is InChI=1S/C12H22N2OS/c1-2-8-16-9-5-13-10-12(15)11-14-6-3-4-7-14/h1,12-13,15H,3-11H2. The van der Waals surface area contributed by atoms with E-state index in [0.29, 0.717) is 6.54 Å². The van der Waals surface area contributed by atoms with Crippen LogP contribution >= 0.6 is 11.8 Å². The van der Waals surface area contributed by atoms with Gasteiger partial charge in [-0.15, -0.1) is 18.2 Å². The van der Waals surface area contributed by atoms with Gasteiger partial charge in [0.15, 0.2) is 0 Å². The van der Waals surface area contributed by atoms with Crippen LogP contribution in [0.3, 0.4) is 0 Å². The molecule has 0 amide bonds. The molecule has 2 N–H and O–H groups in total. The predicted molar refractivity (Wildman–Crippen MR) is 70.7 cm³/mol. The fourth-order valence-corrected chi connectivity index (χ4v) is 2.42. The number of thioether (sulfide) groups is 1. The van der Waals surface area contributed by atoms with E-state index in [-0.39, 0.29) is 6.10 Å². The Hall–Kier alpha value is -0.210. The van der Waals surface area contributed by atoms with E-state index in [1.54, 1.807) is 11.8 Å². The molecule has 0 aliphatic carbocycles. The van der Waals surface area contributed by atoms with Crippen LogP contribution in [-0.2, 0) is 0 Å². The predicted octanol–water partition coefficient (Wildman–Crippen LogP) is 0.399. The number of hydrogen-bond donors (Lipinski definition) is 2. The van der Waals surface area contributed by atoms with Crippen LogP contribution in [0, 0.1) is 12.3 Å². The van der Waals surface area contributed by atoms with Gasteiger partial charge in [-0.1, -0.05) is 5.92 Å². The largest absolute Gasteiger partial charge is 0.390 e. The second-order valence-electron chi connectivity index (χ2n) is 4.12. The van der Waals surface area contributed by atoms with E-state index in [2.05, 4.69) is 16.1 Å². The molecule has 1 unspecified atom stereocenters. The maximum absolute atomic E-state index is 9.77. The molecule has 1 fully saturated rings. The van der Waals surface area contributed by atoms with E-state index < -0.39 is 0 Å². The third-order valence-corrected chi connectivity index (χ3v) is 3.52. The van der Waals surface area contributed by atoms with Gasteiger partial charge in [-0.2, -0.15) is 0 Å². The van der Waals surface area contributed by atoms with Crippen molar-refractivity contribution in [1.82, 2.24) is 10.2 Å². The van der Waals surface area contributed by atoms with Gasteiger partial charge in [-0.3, -0.25) is 0 Å². The average molecular weight is 242 g/mol. The Balaban J connectivity index is 1.89. The van der Waals surface area contributed by atoms with Gasteiger partial charge in [0, 0.05) is 25.4 Å². The summed E-state index contributed by atoms with van der Waals surface area (Å²) < 4.78 is 0. The van der Waals surface area contributed by atoms with Crippen LogP contribution in [0.5, 0.6) is 0 Å². The van der Waals surface area contributed by atoms with Crippen molar-refractivity contribution in [1.29, 1.82) is 0 Å². The summed E-state index contributed by atoms with van der Waals surface area (Å²) in [6, 6.07) is 0. The van der Waals surface area contributed by atoms with E-state index in [0.717, 1.165) is 37.7 Å². The van der Waals surface area contributed by atoms with Crippen LogP contribution in [0.1, 0.15) is 12.8 Å². The number of aliphatic hydroxyl groups excluding tert-OH is 1. The highest BCUT2D eigenvalue weighted by Gasteiger charge is 2.14. The zero-order valence-corrected chi connectivity index (χ0v) is 10.6. The van der Waals surface area contributed by atoms with Gasteiger partial charge in [0.1, 0.15) is 0 Å². The normalized spacial score (nSPS) is 18.5. The van der Waals surface area contributed by atoms with Crippen LogP contribution in [0.2, 0.25) is 0 Å². The van der Waals surface area contributed by atoms with E-state index in [9.17, 15) is 5.11 Å². The highest BCUT2D eigenvalue weighted by Crippen LogP contribution is 2.07. The van der Waals surface area contributed by atoms with Crippen molar-refractivity contribution < 1.29 is 5.11 Å². The molecule has 3 nitrogen and oxygen atoms in total. The van der Waals surface area contributed by atoms with Crippen molar-refractivity contribution in [3.8, 4) is 12.3 Å². The average Bonchev–Trinajstić information content (AvgIpc) is 2.76. The van der Waals surface area contributed by atoms with Gasteiger partial charge in [0.2, 0.25) is 0 Å². The number of aliphatic hydroxyl groups is 1. The summed E-state index contributed by atoms with van der Waals surface area (Å²) in [6.45, 7) is 4.71. The minimum atomic E-state index is -0.240. The molecular formula is C12H22N2OS. The monoisotopic (exact) mass is 242 g/mol. The lowest BCUT2D eigenvalue weighted by Crippen LogP contribution is -2.37. The highest BCUT2D eigenvalue weighted by atomic mass is 32.2. The summed E-state index contributed by atoms with van der Waals surface area (Å²) in [7, 11) is 0. The van der Waals surface area contributed by atoms with Crippen molar-refractivity contribution in [2.45, 2.75) is 18.9 Å². The SMILES string of the molecule is C#CCSCCNCC(O)CN1CCCC1. The second kappa shape index (κ2) is 8.89. The van der Waals surface area contributed by atoms with E-state index in [1.807, 2.05) is 0 Å². The Morgan fingerprint density at radius 2 is 2.19 bits per heavy atom. The number of nitrogens with one attached hydrogen (secondary N) is 1. The molecule has 0 spiro atoms. The molecule has 0 radical (unpaired) electrons. The fraction of sp³-hybridized carbons (Fsp3) is 0.833. The lowest BCUT2D eigenvalue weighted by Gasteiger charge is -2.19. The van der Waals surface area contributed by atoms with Gasteiger partial charge in [0.25, 0.3) is 0 Å². The van der Waals surface area contributed by atoms with Gasteiger partial charge >= 0.3 is 0 Å². The topological polar surface area (TPSA) is 35.5 Å². The van der Waals surface area contributed by atoms with Crippen molar-refractivity contribution in [3.05, 3.63) is 0 Å². The molecule has 4 heteroatoms. The summed E-state index contributed by atoms with van der Waals surface area (Å²) in [5.41, 5.74) is 0. The van der Waals surface area contributed by atoms with Gasteiger partial charge in [-0.05, 0) is 25.9 Å². The van der Waals surface area contributed by atoms with Crippen molar-refractivity contribution >= 4 is 11.8 Å². The molecule has 1 atom stereocenters. The first-order valence-corrected chi connectivity index (χ1v) is 7.10. The van der Waals surface area contributed by atoms with Crippen LogP contribution in [0.25, 0.3) is 0 Å². The van der Waals surface area contributed by atoms with E-state index in [1.165, 1.54) is 12.8 Å². The maximum atomic E-state index is 9.77. The third kappa shape index (κ3) is 6.39. The van der Waals surface area contributed by atoms with Gasteiger partial charge in [0.05, 0.1) is 11.9 Å². The lowest BCUT2D eigenvalue weighted by molar-refractivity contribution is 0.124. The van der Waals surface area contributed by atoms with Crippen molar-refractivity contribution in [2.75, 3.05) is 44.2 Å². The van der Waals surface area contributed by atoms with Crippen LogP contribution < -0.4 is 5.32 Å². The first-order chi connectivity index (χ1) is 7.83. The quantitative estimate of drug-likeness (QED) is 0.477. The Kier molecular flexibility index (Phi) is 7.69. The summed E-state index contributed by atoms with van der Waals surface area (Å²) in [6.07, 6.45) is 7.47. The molecule has 0 aromatic rings. The first kappa shape index (κ1) is 13.9.